The van der Waals surface area contributed by atoms with Crippen molar-refractivity contribution in [1.82, 2.24) is 5.32 Å². The quantitative estimate of drug-likeness (QED) is 0.314. The summed E-state index contributed by atoms with van der Waals surface area (Å²) in [6.07, 6.45) is 0. The van der Waals surface area contributed by atoms with E-state index in [2.05, 4.69) is 10.0 Å². The molecule has 0 fully saturated rings. The lowest BCUT2D eigenvalue weighted by Gasteiger charge is -2.12. The van der Waals surface area contributed by atoms with Gasteiger partial charge >= 0.3 is 0 Å². The van der Waals surface area contributed by atoms with Gasteiger partial charge in [-0.05, 0) is 67.1 Å². The second-order valence-corrected chi connectivity index (χ2v) is 10.3. The summed E-state index contributed by atoms with van der Waals surface area (Å²) in [5.74, 6) is 0.279. The van der Waals surface area contributed by atoms with Gasteiger partial charge in [0.1, 0.15) is 4.90 Å². The van der Waals surface area contributed by atoms with Gasteiger partial charge in [0, 0.05) is 33.5 Å². The third-order valence-corrected chi connectivity index (χ3v) is 7.35. The van der Waals surface area contributed by atoms with Crippen LogP contribution in [0.2, 0.25) is 10.0 Å². The number of thioether (sulfide) groups is 1. The largest absolute Gasteiger partial charge is 0.351 e. The number of aryl methyl sites for hydroxylation is 1. The maximum atomic E-state index is 12.8. The Hall–Kier alpha value is -2.19. The summed E-state index contributed by atoms with van der Waals surface area (Å²) in [6.45, 7) is 2.28. The molecule has 0 bridgehead atoms. The number of anilines is 1. The summed E-state index contributed by atoms with van der Waals surface area (Å²) >= 11 is 13.6. The van der Waals surface area contributed by atoms with Gasteiger partial charge in [-0.15, -0.1) is 11.8 Å². The monoisotopic (exact) mass is 494 g/mol. The summed E-state index contributed by atoms with van der Waals surface area (Å²) in [4.78, 5) is 13.4. The summed E-state index contributed by atoms with van der Waals surface area (Å²) in [6, 6.07) is 18.6. The van der Waals surface area contributed by atoms with E-state index in [0.717, 1.165) is 10.5 Å². The van der Waals surface area contributed by atoms with Gasteiger partial charge in [-0.2, -0.15) is 0 Å². The van der Waals surface area contributed by atoms with Gasteiger partial charge in [-0.3, -0.25) is 9.52 Å². The smallest absolute Gasteiger partial charge is 0.263 e. The van der Waals surface area contributed by atoms with Crippen LogP contribution in [-0.4, -0.2) is 26.6 Å². The van der Waals surface area contributed by atoms with Gasteiger partial charge in [-0.25, -0.2) is 8.42 Å². The van der Waals surface area contributed by atoms with Gasteiger partial charge in [0.05, 0.1) is 5.02 Å². The summed E-state index contributed by atoms with van der Waals surface area (Å²) in [5, 5.41) is 3.50. The Morgan fingerprint density at radius 2 is 1.74 bits per heavy atom. The zero-order valence-corrected chi connectivity index (χ0v) is 19.7. The Bertz CT molecular complexity index is 1180. The topological polar surface area (TPSA) is 75.3 Å². The molecule has 0 aliphatic carbocycles. The van der Waals surface area contributed by atoms with E-state index < -0.39 is 10.0 Å². The molecule has 5 nitrogen and oxygen atoms in total. The van der Waals surface area contributed by atoms with E-state index >= 15 is 0 Å². The van der Waals surface area contributed by atoms with Crippen LogP contribution in [0.4, 0.5) is 5.69 Å². The number of amides is 1. The highest BCUT2D eigenvalue weighted by molar-refractivity contribution is 7.99. The molecule has 0 aliphatic rings. The molecule has 162 valence electrons. The summed E-state index contributed by atoms with van der Waals surface area (Å²) in [5.41, 5.74) is 1.55. The SMILES string of the molecule is Cc1cccc(NS(=O)(=O)c2cc(C(=O)NCCSc3ccc(Cl)cc3)ccc2Cl)c1. The zero-order chi connectivity index (χ0) is 22.4. The van der Waals surface area contributed by atoms with Crippen LogP contribution in [0.25, 0.3) is 0 Å². The molecule has 2 N–H and O–H groups in total. The number of hydrogen-bond acceptors (Lipinski definition) is 4. The average Bonchev–Trinajstić information content (AvgIpc) is 2.72. The number of carbonyl (C=O) groups is 1. The molecule has 3 rings (SSSR count). The van der Waals surface area contributed by atoms with Crippen LogP contribution in [0.3, 0.4) is 0 Å². The first-order valence-electron chi connectivity index (χ1n) is 9.30. The summed E-state index contributed by atoms with van der Waals surface area (Å²) in [7, 11) is -3.96. The van der Waals surface area contributed by atoms with Gasteiger partial charge in [0.25, 0.3) is 15.9 Å². The molecule has 0 unspecified atom stereocenters. The predicted molar refractivity (Wildman–Crippen MR) is 128 cm³/mol. The fraction of sp³-hybridized carbons (Fsp3) is 0.136. The molecule has 3 aromatic carbocycles. The Morgan fingerprint density at radius 3 is 2.45 bits per heavy atom. The van der Waals surface area contributed by atoms with Crippen molar-refractivity contribution < 1.29 is 13.2 Å². The second-order valence-electron chi connectivity index (χ2n) is 6.68. The molecule has 0 radical (unpaired) electrons. The van der Waals surface area contributed by atoms with E-state index in [1.807, 2.05) is 37.3 Å². The minimum absolute atomic E-state index is 0.0370. The number of halogens is 2. The molecule has 0 spiro atoms. The Labute approximate surface area is 196 Å². The van der Waals surface area contributed by atoms with Crippen LogP contribution in [0, 0.1) is 6.92 Å². The highest BCUT2D eigenvalue weighted by atomic mass is 35.5. The van der Waals surface area contributed by atoms with Gasteiger partial charge < -0.3 is 5.32 Å². The number of rotatable bonds is 8. The van der Waals surface area contributed by atoms with Crippen LogP contribution in [0.15, 0.2) is 76.5 Å². The molecule has 0 saturated heterocycles. The first kappa shape index (κ1) is 23.5. The van der Waals surface area contributed by atoms with Crippen molar-refractivity contribution in [2.45, 2.75) is 16.7 Å². The van der Waals surface area contributed by atoms with Crippen LogP contribution in [0.1, 0.15) is 15.9 Å². The lowest BCUT2D eigenvalue weighted by Crippen LogP contribution is -2.26. The molecule has 0 aromatic heterocycles. The van der Waals surface area contributed by atoms with E-state index in [-0.39, 0.29) is 21.4 Å². The Kier molecular flexibility index (Phi) is 7.89. The lowest BCUT2D eigenvalue weighted by atomic mass is 10.2. The van der Waals surface area contributed by atoms with E-state index in [9.17, 15) is 13.2 Å². The Morgan fingerprint density at radius 1 is 1.00 bits per heavy atom. The van der Waals surface area contributed by atoms with Crippen LogP contribution in [0.5, 0.6) is 0 Å². The minimum Gasteiger partial charge on any atom is -0.351 e. The van der Waals surface area contributed by atoms with Crippen molar-refractivity contribution >= 4 is 56.6 Å². The number of sulfonamides is 1. The standard InChI is InChI=1S/C22H20Cl2N2O3S2/c1-15-3-2-4-18(13-15)26-31(28,29)21-14-16(5-10-20(21)24)22(27)25-11-12-30-19-8-6-17(23)7-9-19/h2-10,13-14,26H,11-12H2,1H3,(H,25,27). The highest BCUT2D eigenvalue weighted by Gasteiger charge is 2.20. The normalized spacial score (nSPS) is 11.2. The number of hydrogen-bond donors (Lipinski definition) is 2. The van der Waals surface area contributed by atoms with E-state index in [1.54, 1.807) is 30.0 Å². The molecular weight excluding hydrogens is 475 g/mol. The molecule has 0 heterocycles. The predicted octanol–water partition coefficient (Wildman–Crippen LogP) is 5.62. The first-order chi connectivity index (χ1) is 14.7. The third-order valence-electron chi connectivity index (χ3n) is 4.22. The maximum Gasteiger partial charge on any atom is 0.263 e. The van der Waals surface area contributed by atoms with E-state index in [1.165, 1.54) is 18.2 Å². The molecule has 3 aromatic rings. The number of nitrogens with one attached hydrogen (secondary N) is 2. The van der Waals surface area contributed by atoms with Gasteiger partial charge in [0.2, 0.25) is 0 Å². The van der Waals surface area contributed by atoms with Gasteiger partial charge in [0.15, 0.2) is 0 Å². The molecule has 0 aliphatic heterocycles. The molecule has 9 heteroatoms. The van der Waals surface area contributed by atoms with Crippen molar-refractivity contribution in [1.29, 1.82) is 0 Å². The van der Waals surface area contributed by atoms with E-state index in [0.29, 0.717) is 23.0 Å². The van der Waals surface area contributed by atoms with Crippen molar-refractivity contribution in [3.63, 3.8) is 0 Å². The average molecular weight is 495 g/mol. The Balaban J connectivity index is 1.65. The first-order valence-corrected chi connectivity index (χ1v) is 12.5. The van der Waals surface area contributed by atoms with Crippen molar-refractivity contribution in [2.75, 3.05) is 17.0 Å². The fourth-order valence-electron chi connectivity index (χ4n) is 2.74. The van der Waals surface area contributed by atoms with Crippen LogP contribution < -0.4 is 10.0 Å². The van der Waals surface area contributed by atoms with Crippen LogP contribution in [-0.2, 0) is 10.0 Å². The van der Waals surface area contributed by atoms with Crippen molar-refractivity contribution in [2.24, 2.45) is 0 Å². The number of benzene rings is 3. The minimum atomic E-state index is -3.96. The molecule has 0 atom stereocenters. The highest BCUT2D eigenvalue weighted by Crippen LogP contribution is 2.25. The molecular formula is C22H20Cl2N2O3S2. The maximum absolute atomic E-state index is 12.8. The van der Waals surface area contributed by atoms with E-state index in [4.69, 9.17) is 23.2 Å². The molecule has 1 amide bonds. The second kappa shape index (κ2) is 10.4. The molecule has 31 heavy (non-hydrogen) atoms. The lowest BCUT2D eigenvalue weighted by molar-refractivity contribution is 0.0956. The van der Waals surface area contributed by atoms with Crippen LogP contribution >= 0.6 is 35.0 Å². The third kappa shape index (κ3) is 6.64. The van der Waals surface area contributed by atoms with Crippen molar-refractivity contribution in [3.05, 3.63) is 87.9 Å². The zero-order valence-electron chi connectivity index (χ0n) is 16.6. The summed E-state index contributed by atoms with van der Waals surface area (Å²) < 4.78 is 28.1. The molecule has 0 saturated carbocycles. The fourth-order valence-corrected chi connectivity index (χ4v) is 5.21. The number of carbonyl (C=O) groups excluding carboxylic acids is 1. The van der Waals surface area contributed by atoms with Gasteiger partial charge in [-0.1, -0.05) is 35.3 Å². The van der Waals surface area contributed by atoms with Crippen molar-refractivity contribution in [3.8, 4) is 0 Å².